The Morgan fingerprint density at radius 2 is 1.63 bits per heavy atom. The highest BCUT2D eigenvalue weighted by Crippen LogP contribution is 2.22. The molecule has 5 heteroatoms. The zero-order chi connectivity index (χ0) is 18.5. The van der Waals surface area contributed by atoms with Gasteiger partial charge in [-0.2, -0.15) is 5.10 Å². The summed E-state index contributed by atoms with van der Waals surface area (Å²) in [5, 5.41) is 15.0. The molecular formula is C22H32N4O. The molecule has 4 rings (SSSR count). The van der Waals surface area contributed by atoms with Crippen molar-refractivity contribution in [2.75, 3.05) is 26.2 Å². The molecule has 0 unspecified atom stereocenters. The van der Waals surface area contributed by atoms with Gasteiger partial charge in [-0.25, -0.2) is 0 Å². The number of nitrogens with zero attached hydrogens (tertiary/aromatic N) is 4. The molecule has 2 aliphatic heterocycles. The van der Waals surface area contributed by atoms with E-state index in [0.29, 0.717) is 6.04 Å². The summed E-state index contributed by atoms with van der Waals surface area (Å²) in [6, 6.07) is 11.1. The molecule has 2 aliphatic rings. The summed E-state index contributed by atoms with van der Waals surface area (Å²) in [6.07, 6.45) is 9.94. The van der Waals surface area contributed by atoms with E-state index < -0.39 is 0 Å². The smallest absolute Gasteiger partial charge is 0.0822 e. The fourth-order valence-corrected chi connectivity index (χ4v) is 4.57. The number of β-amino-alcohol motifs (C(OH)–C–C–N with tert-alkyl or cyclic N) is 1. The molecular weight excluding hydrogens is 336 g/mol. The number of aliphatic hydroxyl groups excluding tert-OH is 1. The molecule has 0 radical (unpaired) electrons. The third-order valence-corrected chi connectivity index (χ3v) is 6.07. The van der Waals surface area contributed by atoms with E-state index in [1.807, 2.05) is 23.1 Å². The van der Waals surface area contributed by atoms with E-state index in [0.717, 1.165) is 32.6 Å². The van der Waals surface area contributed by atoms with Crippen LogP contribution in [0.25, 0.3) is 0 Å². The van der Waals surface area contributed by atoms with Crippen molar-refractivity contribution in [3.63, 3.8) is 0 Å². The van der Waals surface area contributed by atoms with Crippen molar-refractivity contribution in [3.05, 3.63) is 53.9 Å². The first-order valence-electron chi connectivity index (χ1n) is 10.5. The first kappa shape index (κ1) is 18.7. The summed E-state index contributed by atoms with van der Waals surface area (Å²) in [4.78, 5) is 4.96. The number of likely N-dealkylation sites (tertiary alicyclic amines) is 2. The molecule has 0 saturated carbocycles. The summed E-state index contributed by atoms with van der Waals surface area (Å²) in [5.74, 6) is 0. The van der Waals surface area contributed by atoms with Crippen molar-refractivity contribution in [2.24, 2.45) is 0 Å². The van der Waals surface area contributed by atoms with Crippen molar-refractivity contribution in [2.45, 2.75) is 57.3 Å². The van der Waals surface area contributed by atoms with Crippen LogP contribution in [0.5, 0.6) is 0 Å². The highest BCUT2D eigenvalue weighted by molar-refractivity contribution is 5.22. The predicted octanol–water partition coefficient (Wildman–Crippen LogP) is 2.74. The Hall–Kier alpha value is -1.69. The first-order chi connectivity index (χ1) is 13.3. The number of hydrogen-bond acceptors (Lipinski definition) is 4. The predicted molar refractivity (Wildman–Crippen MR) is 108 cm³/mol. The maximum absolute atomic E-state index is 10.8. The van der Waals surface area contributed by atoms with Gasteiger partial charge in [0.1, 0.15) is 0 Å². The Morgan fingerprint density at radius 3 is 2.26 bits per heavy atom. The van der Waals surface area contributed by atoms with Crippen LogP contribution in [0.3, 0.4) is 0 Å². The molecule has 1 aromatic carbocycles. The fourth-order valence-electron chi connectivity index (χ4n) is 4.57. The minimum Gasteiger partial charge on any atom is -0.390 e. The van der Waals surface area contributed by atoms with Crippen molar-refractivity contribution in [1.82, 2.24) is 19.6 Å². The molecule has 146 valence electrons. The van der Waals surface area contributed by atoms with Gasteiger partial charge in [-0.1, -0.05) is 37.1 Å². The number of rotatable bonds is 5. The lowest BCUT2D eigenvalue weighted by Crippen LogP contribution is -2.54. The summed E-state index contributed by atoms with van der Waals surface area (Å²) < 4.78 is 1.94. The lowest BCUT2D eigenvalue weighted by atomic mass is 9.99. The molecule has 27 heavy (non-hydrogen) atoms. The van der Waals surface area contributed by atoms with Gasteiger partial charge in [-0.15, -0.1) is 0 Å². The average Bonchev–Trinajstić information content (AvgIpc) is 3.03. The molecule has 1 aromatic heterocycles. The number of aromatic nitrogens is 2. The quantitative estimate of drug-likeness (QED) is 0.881. The van der Waals surface area contributed by atoms with E-state index in [2.05, 4.69) is 39.2 Å². The van der Waals surface area contributed by atoms with Gasteiger partial charge in [-0.05, 0) is 49.5 Å². The lowest BCUT2D eigenvalue weighted by Gasteiger charge is -2.41. The molecule has 5 nitrogen and oxygen atoms in total. The van der Waals surface area contributed by atoms with Gasteiger partial charge in [0.2, 0.25) is 0 Å². The number of aliphatic hydroxyl groups is 1. The molecule has 3 heterocycles. The summed E-state index contributed by atoms with van der Waals surface area (Å²) in [5.41, 5.74) is 2.59. The van der Waals surface area contributed by atoms with Crippen LogP contribution in [0, 0.1) is 0 Å². The van der Waals surface area contributed by atoms with Gasteiger partial charge >= 0.3 is 0 Å². The summed E-state index contributed by atoms with van der Waals surface area (Å²) >= 11 is 0. The number of piperidine rings is 1. The van der Waals surface area contributed by atoms with Gasteiger partial charge in [0.15, 0.2) is 0 Å². The maximum Gasteiger partial charge on any atom is 0.0822 e. The highest BCUT2D eigenvalue weighted by atomic mass is 16.3. The maximum atomic E-state index is 10.8. The van der Waals surface area contributed by atoms with Crippen LogP contribution in [0.4, 0.5) is 0 Å². The molecule has 2 atom stereocenters. The van der Waals surface area contributed by atoms with Gasteiger partial charge in [-0.3, -0.25) is 14.5 Å². The second-order valence-corrected chi connectivity index (χ2v) is 8.13. The van der Waals surface area contributed by atoms with Crippen LogP contribution < -0.4 is 0 Å². The van der Waals surface area contributed by atoms with Crippen LogP contribution in [0.15, 0.2) is 42.7 Å². The zero-order valence-electron chi connectivity index (χ0n) is 16.2. The van der Waals surface area contributed by atoms with E-state index >= 15 is 0 Å². The standard InChI is InChI=1S/C22H32N4O/c27-22-18-24(15-10-21(22)25-12-3-1-2-4-13-25)16-19-6-8-20(9-7-19)17-26-14-5-11-23-26/h5-9,11,14,21-22,27H,1-4,10,12-13,15-18H2/t21-,22-/m1/s1. The van der Waals surface area contributed by atoms with E-state index in [9.17, 15) is 5.11 Å². The summed E-state index contributed by atoms with van der Waals surface area (Å²) in [6.45, 7) is 5.93. The van der Waals surface area contributed by atoms with Gasteiger partial charge in [0.05, 0.1) is 12.6 Å². The van der Waals surface area contributed by atoms with Gasteiger partial charge in [0.25, 0.3) is 0 Å². The second kappa shape index (κ2) is 9.00. The van der Waals surface area contributed by atoms with Crippen molar-refractivity contribution >= 4 is 0 Å². The van der Waals surface area contributed by atoms with Crippen LogP contribution >= 0.6 is 0 Å². The molecule has 2 fully saturated rings. The van der Waals surface area contributed by atoms with Crippen LogP contribution in [-0.4, -0.2) is 63.0 Å². The summed E-state index contributed by atoms with van der Waals surface area (Å²) in [7, 11) is 0. The zero-order valence-corrected chi connectivity index (χ0v) is 16.2. The number of hydrogen-bond donors (Lipinski definition) is 1. The second-order valence-electron chi connectivity index (χ2n) is 8.13. The number of benzene rings is 1. The van der Waals surface area contributed by atoms with Crippen LogP contribution in [0.1, 0.15) is 43.2 Å². The molecule has 2 aromatic rings. The lowest BCUT2D eigenvalue weighted by molar-refractivity contribution is -0.0144. The topological polar surface area (TPSA) is 44.5 Å². The fraction of sp³-hybridized carbons (Fsp3) is 0.591. The Bertz CT molecular complexity index is 677. The van der Waals surface area contributed by atoms with Crippen molar-refractivity contribution in [3.8, 4) is 0 Å². The van der Waals surface area contributed by atoms with E-state index in [4.69, 9.17) is 0 Å². The van der Waals surface area contributed by atoms with Crippen molar-refractivity contribution < 1.29 is 5.11 Å². The third kappa shape index (κ3) is 4.98. The van der Waals surface area contributed by atoms with Gasteiger partial charge < -0.3 is 5.11 Å². The Labute approximate surface area is 162 Å². The van der Waals surface area contributed by atoms with E-state index in [1.54, 1.807) is 0 Å². The minimum atomic E-state index is -0.226. The molecule has 0 aliphatic carbocycles. The highest BCUT2D eigenvalue weighted by Gasteiger charge is 2.32. The Morgan fingerprint density at radius 1 is 0.926 bits per heavy atom. The molecule has 0 amide bonds. The molecule has 0 spiro atoms. The van der Waals surface area contributed by atoms with Gasteiger partial charge in [0, 0.05) is 38.1 Å². The molecule has 2 saturated heterocycles. The van der Waals surface area contributed by atoms with E-state index in [1.165, 1.54) is 49.9 Å². The normalized spacial score (nSPS) is 25.4. The third-order valence-electron chi connectivity index (χ3n) is 6.07. The Kier molecular flexibility index (Phi) is 6.22. The van der Waals surface area contributed by atoms with Crippen molar-refractivity contribution in [1.29, 1.82) is 0 Å². The van der Waals surface area contributed by atoms with E-state index in [-0.39, 0.29) is 6.10 Å². The molecule has 1 N–H and O–H groups in total. The Balaban J connectivity index is 1.29. The monoisotopic (exact) mass is 368 g/mol. The molecule has 0 bridgehead atoms. The first-order valence-corrected chi connectivity index (χ1v) is 10.5. The largest absolute Gasteiger partial charge is 0.390 e. The van der Waals surface area contributed by atoms with Crippen LogP contribution in [-0.2, 0) is 13.1 Å². The SMILES string of the molecule is O[C@@H]1CN(Cc2ccc(Cn3cccn3)cc2)CC[C@H]1N1CCCCCC1. The minimum absolute atomic E-state index is 0.226. The average molecular weight is 369 g/mol. The van der Waals surface area contributed by atoms with Crippen LogP contribution in [0.2, 0.25) is 0 Å².